The summed E-state index contributed by atoms with van der Waals surface area (Å²) in [7, 11) is 0. The number of anilines is 2. The first-order valence-corrected chi connectivity index (χ1v) is 9.04. The SMILES string of the molecule is C[C@@H](Oc1ccc2c(c1)N1CCNCC1CC(=O)N2)c1cc(F)ccc1F. The molecule has 0 radical (unpaired) electrons. The largest absolute Gasteiger partial charge is 0.486 e. The molecule has 0 aliphatic carbocycles. The Bertz CT molecular complexity index is 874. The van der Waals surface area contributed by atoms with Crippen LogP contribution in [0.2, 0.25) is 0 Å². The summed E-state index contributed by atoms with van der Waals surface area (Å²) >= 11 is 0. The van der Waals surface area contributed by atoms with Crippen LogP contribution in [0.25, 0.3) is 0 Å². The number of piperazine rings is 1. The molecule has 2 aromatic carbocycles. The number of ether oxygens (including phenoxy) is 1. The van der Waals surface area contributed by atoms with Crippen molar-refractivity contribution in [3.63, 3.8) is 0 Å². The molecular weight excluding hydrogens is 352 g/mol. The lowest BCUT2D eigenvalue weighted by Crippen LogP contribution is -2.51. The zero-order chi connectivity index (χ0) is 19.0. The number of benzene rings is 2. The predicted molar refractivity (Wildman–Crippen MR) is 99.1 cm³/mol. The highest BCUT2D eigenvalue weighted by Crippen LogP contribution is 2.36. The lowest BCUT2D eigenvalue weighted by molar-refractivity contribution is -0.116. The molecule has 0 spiro atoms. The minimum absolute atomic E-state index is 0.0173. The molecule has 27 heavy (non-hydrogen) atoms. The number of carbonyl (C=O) groups excluding carboxylic acids is 1. The summed E-state index contributed by atoms with van der Waals surface area (Å²) in [4.78, 5) is 14.3. The number of nitrogens with one attached hydrogen (secondary N) is 2. The van der Waals surface area contributed by atoms with E-state index < -0.39 is 17.7 Å². The average Bonchev–Trinajstić information content (AvgIpc) is 2.79. The van der Waals surface area contributed by atoms with Gasteiger partial charge in [-0.05, 0) is 37.3 Å². The van der Waals surface area contributed by atoms with Crippen molar-refractivity contribution in [2.24, 2.45) is 0 Å². The Hall–Kier alpha value is -2.67. The van der Waals surface area contributed by atoms with Gasteiger partial charge in [0.05, 0.1) is 17.4 Å². The van der Waals surface area contributed by atoms with Gasteiger partial charge in [0, 0.05) is 37.7 Å². The topological polar surface area (TPSA) is 53.6 Å². The second kappa shape index (κ2) is 7.15. The van der Waals surface area contributed by atoms with Crippen LogP contribution in [0.5, 0.6) is 5.75 Å². The molecule has 2 N–H and O–H groups in total. The summed E-state index contributed by atoms with van der Waals surface area (Å²) in [5.41, 5.74) is 1.79. The van der Waals surface area contributed by atoms with Crippen LogP contribution in [0.3, 0.4) is 0 Å². The molecule has 2 aliphatic rings. The van der Waals surface area contributed by atoms with E-state index in [-0.39, 0.29) is 17.5 Å². The fourth-order valence-electron chi connectivity index (χ4n) is 3.70. The third-order valence-electron chi connectivity index (χ3n) is 5.03. The molecule has 142 valence electrons. The average molecular weight is 373 g/mol. The molecule has 0 bridgehead atoms. The molecule has 2 aliphatic heterocycles. The van der Waals surface area contributed by atoms with Crippen molar-refractivity contribution in [3.05, 3.63) is 53.6 Å². The molecule has 2 atom stereocenters. The van der Waals surface area contributed by atoms with Gasteiger partial charge < -0.3 is 20.3 Å². The van der Waals surface area contributed by atoms with Crippen LogP contribution >= 0.6 is 0 Å². The van der Waals surface area contributed by atoms with Crippen molar-refractivity contribution in [2.45, 2.75) is 25.5 Å². The zero-order valence-corrected chi connectivity index (χ0v) is 15.0. The molecule has 4 rings (SSSR count). The van der Waals surface area contributed by atoms with E-state index >= 15 is 0 Å². The van der Waals surface area contributed by atoms with Crippen LogP contribution in [-0.2, 0) is 4.79 Å². The minimum Gasteiger partial charge on any atom is -0.486 e. The lowest BCUT2D eigenvalue weighted by Gasteiger charge is -2.36. The van der Waals surface area contributed by atoms with Gasteiger partial charge in [-0.2, -0.15) is 0 Å². The third-order valence-corrected chi connectivity index (χ3v) is 5.03. The number of rotatable bonds is 3. The van der Waals surface area contributed by atoms with Crippen molar-refractivity contribution in [1.29, 1.82) is 0 Å². The molecular formula is C20H21F2N3O2. The van der Waals surface area contributed by atoms with E-state index in [2.05, 4.69) is 15.5 Å². The summed E-state index contributed by atoms with van der Waals surface area (Å²) in [6, 6.07) is 8.79. The Labute approximate surface area is 156 Å². The van der Waals surface area contributed by atoms with E-state index in [1.807, 2.05) is 6.07 Å². The second-order valence-electron chi connectivity index (χ2n) is 6.91. The van der Waals surface area contributed by atoms with Crippen molar-refractivity contribution in [3.8, 4) is 5.75 Å². The maximum absolute atomic E-state index is 14.0. The van der Waals surface area contributed by atoms with Gasteiger partial charge in [-0.25, -0.2) is 8.78 Å². The number of halogens is 2. The van der Waals surface area contributed by atoms with Gasteiger partial charge in [-0.1, -0.05) is 0 Å². The van der Waals surface area contributed by atoms with Gasteiger partial charge in [0.1, 0.15) is 23.5 Å². The monoisotopic (exact) mass is 373 g/mol. The lowest BCUT2D eigenvalue weighted by atomic mass is 10.1. The van der Waals surface area contributed by atoms with Gasteiger partial charge in [-0.3, -0.25) is 4.79 Å². The number of nitrogens with zero attached hydrogens (tertiary/aromatic N) is 1. The minimum atomic E-state index is -0.655. The van der Waals surface area contributed by atoms with E-state index in [0.717, 1.165) is 49.2 Å². The fourth-order valence-corrected chi connectivity index (χ4v) is 3.70. The van der Waals surface area contributed by atoms with Gasteiger partial charge in [0.2, 0.25) is 5.91 Å². The first kappa shape index (κ1) is 17.7. The number of amides is 1. The fraction of sp³-hybridized carbons (Fsp3) is 0.350. The highest BCUT2D eigenvalue weighted by Gasteiger charge is 2.30. The first-order valence-electron chi connectivity index (χ1n) is 9.04. The summed E-state index contributed by atoms with van der Waals surface area (Å²) in [5.74, 6) is -0.488. The van der Waals surface area contributed by atoms with E-state index in [1.165, 1.54) is 0 Å². The van der Waals surface area contributed by atoms with Gasteiger partial charge in [0.15, 0.2) is 0 Å². The second-order valence-corrected chi connectivity index (χ2v) is 6.91. The van der Waals surface area contributed by atoms with E-state index in [4.69, 9.17) is 4.74 Å². The van der Waals surface area contributed by atoms with Gasteiger partial charge in [-0.15, -0.1) is 0 Å². The number of fused-ring (bicyclic) bond motifs is 3. The Morgan fingerprint density at radius 3 is 2.93 bits per heavy atom. The number of carbonyl (C=O) groups is 1. The van der Waals surface area contributed by atoms with Crippen LogP contribution in [0.1, 0.15) is 25.0 Å². The molecule has 1 unspecified atom stereocenters. The molecule has 1 saturated heterocycles. The normalized spacial score (nSPS) is 20.2. The highest BCUT2D eigenvalue weighted by atomic mass is 19.1. The van der Waals surface area contributed by atoms with Crippen molar-refractivity contribution in [2.75, 3.05) is 29.9 Å². The van der Waals surface area contributed by atoms with E-state index in [0.29, 0.717) is 12.2 Å². The summed E-state index contributed by atoms with van der Waals surface area (Å²) in [5, 5.41) is 6.25. The quantitative estimate of drug-likeness (QED) is 0.868. The predicted octanol–water partition coefficient (Wildman–Crippen LogP) is 3.23. The summed E-state index contributed by atoms with van der Waals surface area (Å²) in [6.45, 7) is 4.03. The Morgan fingerprint density at radius 2 is 2.07 bits per heavy atom. The molecule has 5 nitrogen and oxygen atoms in total. The molecule has 0 aromatic heterocycles. The molecule has 2 heterocycles. The molecule has 1 fully saturated rings. The number of hydrogen-bond donors (Lipinski definition) is 2. The Kier molecular flexibility index (Phi) is 4.70. The molecule has 7 heteroatoms. The highest BCUT2D eigenvalue weighted by molar-refractivity contribution is 5.97. The van der Waals surface area contributed by atoms with E-state index in [9.17, 15) is 13.6 Å². The Balaban J connectivity index is 1.63. The molecule has 1 amide bonds. The first-order chi connectivity index (χ1) is 13.0. The van der Waals surface area contributed by atoms with Crippen LogP contribution < -0.4 is 20.3 Å². The summed E-state index contributed by atoms with van der Waals surface area (Å²) < 4.78 is 33.4. The van der Waals surface area contributed by atoms with Crippen LogP contribution in [0, 0.1) is 11.6 Å². The smallest absolute Gasteiger partial charge is 0.226 e. The van der Waals surface area contributed by atoms with Crippen LogP contribution in [-0.4, -0.2) is 31.6 Å². The zero-order valence-electron chi connectivity index (χ0n) is 15.0. The van der Waals surface area contributed by atoms with Crippen molar-refractivity contribution in [1.82, 2.24) is 5.32 Å². The van der Waals surface area contributed by atoms with Gasteiger partial charge in [0.25, 0.3) is 0 Å². The summed E-state index contributed by atoms with van der Waals surface area (Å²) in [6.07, 6.45) is -0.235. The van der Waals surface area contributed by atoms with Gasteiger partial charge >= 0.3 is 0 Å². The number of hydrogen-bond acceptors (Lipinski definition) is 4. The maximum atomic E-state index is 14.0. The standard InChI is InChI=1S/C20H21F2N3O2/c1-12(16-8-13(21)2-4-17(16)22)27-15-3-5-18-19(10-15)25-7-6-23-11-14(25)9-20(26)24-18/h2-5,8,10,12,14,23H,6-7,9,11H2,1H3,(H,24,26)/t12-,14?/m1/s1. The van der Waals surface area contributed by atoms with Crippen molar-refractivity contribution < 1.29 is 18.3 Å². The molecule has 2 aromatic rings. The van der Waals surface area contributed by atoms with Crippen LogP contribution in [0.15, 0.2) is 36.4 Å². The Morgan fingerprint density at radius 1 is 1.22 bits per heavy atom. The van der Waals surface area contributed by atoms with E-state index in [1.54, 1.807) is 19.1 Å². The maximum Gasteiger partial charge on any atom is 0.226 e. The third kappa shape index (κ3) is 3.60. The van der Waals surface area contributed by atoms with Crippen LogP contribution in [0.4, 0.5) is 20.2 Å². The molecule has 0 saturated carbocycles. The van der Waals surface area contributed by atoms with Crippen molar-refractivity contribution >= 4 is 17.3 Å².